The van der Waals surface area contributed by atoms with Crippen molar-refractivity contribution < 1.29 is 13.2 Å². The Morgan fingerprint density at radius 2 is 1.89 bits per heavy atom. The molecule has 1 aliphatic rings. The molecule has 1 aliphatic heterocycles. The Morgan fingerprint density at radius 1 is 1.32 bits per heavy atom. The van der Waals surface area contributed by atoms with Gasteiger partial charge in [0.05, 0.1) is 5.92 Å². The topological polar surface area (TPSA) is 69.7 Å². The first-order chi connectivity index (χ1) is 8.54. The number of hydrogen-bond donors (Lipinski definition) is 1. The van der Waals surface area contributed by atoms with Crippen LogP contribution in [-0.4, -0.2) is 55.7 Å². The van der Waals surface area contributed by atoms with Gasteiger partial charge in [0.2, 0.25) is 5.91 Å². The van der Waals surface area contributed by atoms with Crippen LogP contribution in [0, 0.1) is 5.92 Å². The molecule has 1 fully saturated rings. The van der Waals surface area contributed by atoms with Crippen molar-refractivity contribution in [2.45, 2.75) is 39.2 Å². The molecule has 7 heteroatoms. The fourth-order valence-corrected chi connectivity index (χ4v) is 3.26. The average molecular weight is 291 g/mol. The van der Waals surface area contributed by atoms with Crippen LogP contribution >= 0.6 is 0 Å². The summed E-state index contributed by atoms with van der Waals surface area (Å²) in [6.07, 6.45) is 1.46. The molecule has 1 rings (SSSR count). The Bertz CT molecular complexity index is 426. The normalized spacial score (nSPS) is 22.5. The summed E-state index contributed by atoms with van der Waals surface area (Å²) in [4.78, 5) is 12.1. The van der Waals surface area contributed by atoms with Gasteiger partial charge in [-0.3, -0.25) is 4.79 Å². The summed E-state index contributed by atoms with van der Waals surface area (Å²) in [6.45, 7) is 6.51. The van der Waals surface area contributed by atoms with Crippen LogP contribution in [0.4, 0.5) is 0 Å². The first kappa shape index (κ1) is 16.4. The molecule has 1 unspecified atom stereocenters. The summed E-state index contributed by atoms with van der Waals surface area (Å²) < 4.78 is 26.7. The van der Waals surface area contributed by atoms with E-state index in [2.05, 4.69) is 5.32 Å². The molecule has 19 heavy (non-hydrogen) atoms. The standard InChI is InChI=1S/C12H25N3O3S/c1-12(2,3)13-11(16)10-7-6-8-15(9-10)19(17,18)14(4)5/h10H,6-9H2,1-5H3,(H,13,16). The monoisotopic (exact) mass is 291 g/mol. The summed E-state index contributed by atoms with van der Waals surface area (Å²) in [7, 11) is -0.407. The molecule has 0 spiro atoms. The number of nitrogens with one attached hydrogen (secondary N) is 1. The third-order valence-corrected chi connectivity index (χ3v) is 4.95. The van der Waals surface area contributed by atoms with E-state index in [9.17, 15) is 13.2 Å². The van der Waals surface area contributed by atoms with E-state index in [0.717, 1.165) is 12.8 Å². The molecular formula is C12H25N3O3S. The molecule has 0 aromatic rings. The fourth-order valence-electron chi connectivity index (χ4n) is 2.07. The van der Waals surface area contributed by atoms with Gasteiger partial charge in [0, 0.05) is 32.7 Å². The molecule has 1 saturated heterocycles. The van der Waals surface area contributed by atoms with Gasteiger partial charge in [-0.05, 0) is 33.6 Å². The van der Waals surface area contributed by atoms with E-state index < -0.39 is 10.2 Å². The van der Waals surface area contributed by atoms with Gasteiger partial charge in [-0.1, -0.05) is 0 Å². The predicted octanol–water partition coefficient (Wildman–Crippen LogP) is 0.420. The highest BCUT2D eigenvalue weighted by Crippen LogP contribution is 2.21. The van der Waals surface area contributed by atoms with Crippen molar-refractivity contribution in [2.75, 3.05) is 27.2 Å². The number of amides is 1. The van der Waals surface area contributed by atoms with E-state index in [1.54, 1.807) is 0 Å². The van der Waals surface area contributed by atoms with Crippen molar-refractivity contribution in [1.82, 2.24) is 13.9 Å². The van der Waals surface area contributed by atoms with E-state index >= 15 is 0 Å². The molecule has 112 valence electrons. The van der Waals surface area contributed by atoms with E-state index in [1.807, 2.05) is 20.8 Å². The highest BCUT2D eigenvalue weighted by atomic mass is 32.2. The van der Waals surface area contributed by atoms with Crippen LogP contribution in [-0.2, 0) is 15.0 Å². The van der Waals surface area contributed by atoms with Crippen LogP contribution in [0.25, 0.3) is 0 Å². The minimum Gasteiger partial charge on any atom is -0.351 e. The number of piperidine rings is 1. The van der Waals surface area contributed by atoms with Gasteiger partial charge in [0.25, 0.3) is 10.2 Å². The average Bonchev–Trinajstić information content (AvgIpc) is 2.26. The van der Waals surface area contributed by atoms with Gasteiger partial charge in [0.1, 0.15) is 0 Å². The highest BCUT2D eigenvalue weighted by Gasteiger charge is 2.34. The van der Waals surface area contributed by atoms with Gasteiger partial charge in [-0.25, -0.2) is 0 Å². The van der Waals surface area contributed by atoms with Crippen molar-refractivity contribution >= 4 is 16.1 Å². The van der Waals surface area contributed by atoms with Crippen LogP contribution in [0.3, 0.4) is 0 Å². The van der Waals surface area contributed by atoms with Crippen LogP contribution < -0.4 is 5.32 Å². The smallest absolute Gasteiger partial charge is 0.281 e. The number of carbonyl (C=O) groups excluding carboxylic acids is 1. The maximum atomic E-state index is 12.1. The van der Waals surface area contributed by atoms with E-state index in [1.165, 1.54) is 22.7 Å². The Kier molecular flexibility index (Phi) is 4.97. The minimum absolute atomic E-state index is 0.0637. The molecule has 0 aliphatic carbocycles. The molecule has 6 nitrogen and oxygen atoms in total. The highest BCUT2D eigenvalue weighted by molar-refractivity contribution is 7.86. The zero-order valence-electron chi connectivity index (χ0n) is 12.4. The summed E-state index contributed by atoms with van der Waals surface area (Å²) in [5.74, 6) is -0.325. The van der Waals surface area contributed by atoms with Gasteiger partial charge in [-0.2, -0.15) is 17.0 Å². The minimum atomic E-state index is -3.42. The third kappa shape index (κ3) is 4.43. The second-order valence-electron chi connectivity index (χ2n) is 6.23. The molecule has 0 bridgehead atoms. The second kappa shape index (κ2) is 5.76. The maximum Gasteiger partial charge on any atom is 0.281 e. The van der Waals surface area contributed by atoms with Gasteiger partial charge in [-0.15, -0.1) is 0 Å². The van der Waals surface area contributed by atoms with E-state index in [-0.39, 0.29) is 23.9 Å². The lowest BCUT2D eigenvalue weighted by Gasteiger charge is -2.34. The molecule has 1 atom stereocenters. The Hall–Kier alpha value is -0.660. The van der Waals surface area contributed by atoms with Crippen molar-refractivity contribution in [1.29, 1.82) is 0 Å². The largest absolute Gasteiger partial charge is 0.351 e. The summed E-state index contributed by atoms with van der Waals surface area (Å²) in [6, 6.07) is 0. The molecule has 1 heterocycles. The lowest BCUT2D eigenvalue weighted by Crippen LogP contribution is -2.51. The van der Waals surface area contributed by atoms with Crippen molar-refractivity contribution in [3.8, 4) is 0 Å². The van der Waals surface area contributed by atoms with Gasteiger partial charge < -0.3 is 5.32 Å². The molecule has 0 radical (unpaired) electrons. The van der Waals surface area contributed by atoms with Crippen LogP contribution in [0.5, 0.6) is 0 Å². The molecular weight excluding hydrogens is 266 g/mol. The lowest BCUT2D eigenvalue weighted by atomic mass is 9.97. The van der Waals surface area contributed by atoms with Crippen LogP contribution in [0.15, 0.2) is 0 Å². The zero-order valence-corrected chi connectivity index (χ0v) is 13.2. The summed E-state index contributed by atoms with van der Waals surface area (Å²) in [5.41, 5.74) is -0.292. The first-order valence-electron chi connectivity index (χ1n) is 6.53. The molecule has 0 saturated carbocycles. The lowest BCUT2D eigenvalue weighted by molar-refractivity contribution is -0.127. The summed E-state index contributed by atoms with van der Waals surface area (Å²) >= 11 is 0. The Labute approximate surface area is 116 Å². The third-order valence-electron chi connectivity index (χ3n) is 3.04. The van der Waals surface area contributed by atoms with Gasteiger partial charge in [0.15, 0.2) is 0 Å². The predicted molar refractivity (Wildman–Crippen MR) is 74.8 cm³/mol. The van der Waals surface area contributed by atoms with E-state index in [0.29, 0.717) is 6.54 Å². The number of rotatable bonds is 3. The maximum absolute atomic E-state index is 12.1. The summed E-state index contributed by atoms with van der Waals surface area (Å²) in [5, 5.41) is 2.92. The Morgan fingerprint density at radius 3 is 2.37 bits per heavy atom. The number of nitrogens with zero attached hydrogens (tertiary/aromatic N) is 2. The fraction of sp³-hybridized carbons (Fsp3) is 0.917. The van der Waals surface area contributed by atoms with Crippen molar-refractivity contribution in [2.24, 2.45) is 5.92 Å². The van der Waals surface area contributed by atoms with Crippen molar-refractivity contribution in [3.63, 3.8) is 0 Å². The van der Waals surface area contributed by atoms with Crippen molar-refractivity contribution in [3.05, 3.63) is 0 Å². The quantitative estimate of drug-likeness (QED) is 0.819. The molecule has 0 aromatic heterocycles. The second-order valence-corrected chi connectivity index (χ2v) is 8.37. The molecule has 0 aromatic carbocycles. The van der Waals surface area contributed by atoms with Crippen LogP contribution in [0.1, 0.15) is 33.6 Å². The number of carbonyl (C=O) groups is 1. The Balaban J connectivity index is 2.73. The molecule has 1 N–H and O–H groups in total. The van der Waals surface area contributed by atoms with Crippen LogP contribution in [0.2, 0.25) is 0 Å². The van der Waals surface area contributed by atoms with E-state index in [4.69, 9.17) is 0 Å². The van der Waals surface area contributed by atoms with Gasteiger partial charge >= 0.3 is 0 Å². The zero-order chi connectivity index (χ0) is 14.8. The SMILES string of the molecule is CN(C)S(=O)(=O)N1CCCC(C(=O)NC(C)(C)C)C1. The first-order valence-corrected chi connectivity index (χ1v) is 7.93. The number of hydrogen-bond acceptors (Lipinski definition) is 3. The molecule has 1 amide bonds.